The molecule has 0 bridgehead atoms. The van der Waals surface area contributed by atoms with Gasteiger partial charge in [-0.1, -0.05) is 29.8 Å². The van der Waals surface area contributed by atoms with Crippen LogP contribution in [0.1, 0.15) is 18.1 Å². The molecule has 2 N–H and O–H groups in total. The van der Waals surface area contributed by atoms with Crippen LogP contribution in [-0.2, 0) is 16.1 Å². The largest absolute Gasteiger partial charge is 0.494 e. The maximum absolute atomic E-state index is 11.8. The van der Waals surface area contributed by atoms with Crippen molar-refractivity contribution in [3.05, 3.63) is 59.7 Å². The van der Waals surface area contributed by atoms with Gasteiger partial charge < -0.3 is 15.4 Å². The fourth-order valence-electron chi connectivity index (χ4n) is 1.96. The summed E-state index contributed by atoms with van der Waals surface area (Å²) < 4.78 is 5.35. The number of carbonyl (C=O) groups excluding carboxylic acids is 2. The summed E-state index contributed by atoms with van der Waals surface area (Å²) in [7, 11) is 0. The van der Waals surface area contributed by atoms with Crippen LogP contribution in [0.25, 0.3) is 0 Å². The minimum absolute atomic E-state index is 0.284. The average molecular weight is 312 g/mol. The molecule has 5 heteroatoms. The van der Waals surface area contributed by atoms with Gasteiger partial charge in [0.15, 0.2) is 0 Å². The van der Waals surface area contributed by atoms with Gasteiger partial charge in [0.05, 0.1) is 6.61 Å². The zero-order valence-electron chi connectivity index (χ0n) is 13.3. The molecule has 2 aromatic rings. The molecule has 0 aliphatic carbocycles. The van der Waals surface area contributed by atoms with E-state index in [4.69, 9.17) is 4.74 Å². The Bertz CT molecular complexity index is 664. The van der Waals surface area contributed by atoms with E-state index >= 15 is 0 Å². The second kappa shape index (κ2) is 7.98. The third-order valence-electron chi connectivity index (χ3n) is 3.20. The Balaban J connectivity index is 1.83. The first-order chi connectivity index (χ1) is 11.1. The quantitative estimate of drug-likeness (QED) is 0.834. The number of aryl methyl sites for hydroxylation is 1. The van der Waals surface area contributed by atoms with Crippen molar-refractivity contribution in [1.82, 2.24) is 5.32 Å². The molecule has 0 heterocycles. The average Bonchev–Trinajstić information content (AvgIpc) is 2.56. The number of benzene rings is 2. The first-order valence-electron chi connectivity index (χ1n) is 7.46. The number of ether oxygens (including phenoxy) is 1. The van der Waals surface area contributed by atoms with Crippen molar-refractivity contribution in [1.29, 1.82) is 0 Å². The van der Waals surface area contributed by atoms with Gasteiger partial charge in [0.2, 0.25) is 0 Å². The number of carbonyl (C=O) groups is 2. The van der Waals surface area contributed by atoms with E-state index in [-0.39, 0.29) is 6.54 Å². The van der Waals surface area contributed by atoms with Gasteiger partial charge in [0.1, 0.15) is 5.75 Å². The minimum Gasteiger partial charge on any atom is -0.494 e. The highest BCUT2D eigenvalue weighted by Gasteiger charge is 2.13. The van der Waals surface area contributed by atoms with Crippen molar-refractivity contribution in [3.63, 3.8) is 0 Å². The molecule has 0 radical (unpaired) electrons. The molecule has 120 valence electrons. The Morgan fingerprint density at radius 2 is 1.61 bits per heavy atom. The van der Waals surface area contributed by atoms with Crippen LogP contribution in [0.4, 0.5) is 5.69 Å². The van der Waals surface area contributed by atoms with Crippen molar-refractivity contribution in [2.75, 3.05) is 11.9 Å². The topological polar surface area (TPSA) is 67.4 Å². The Hall–Kier alpha value is -2.82. The van der Waals surface area contributed by atoms with Crippen molar-refractivity contribution >= 4 is 17.5 Å². The van der Waals surface area contributed by atoms with E-state index in [1.54, 1.807) is 12.1 Å². The molecule has 0 aliphatic heterocycles. The predicted octanol–water partition coefficient (Wildman–Crippen LogP) is 2.65. The van der Waals surface area contributed by atoms with Gasteiger partial charge in [-0.2, -0.15) is 0 Å². The van der Waals surface area contributed by atoms with E-state index in [9.17, 15) is 9.59 Å². The van der Waals surface area contributed by atoms with E-state index < -0.39 is 11.8 Å². The number of nitrogens with one attached hydrogen (secondary N) is 2. The van der Waals surface area contributed by atoms with Gasteiger partial charge in [-0.25, -0.2) is 0 Å². The number of amides is 2. The van der Waals surface area contributed by atoms with Crippen LogP contribution in [0.3, 0.4) is 0 Å². The zero-order chi connectivity index (χ0) is 16.7. The predicted molar refractivity (Wildman–Crippen MR) is 89.3 cm³/mol. The molecule has 0 spiro atoms. The smallest absolute Gasteiger partial charge is 0.313 e. The van der Waals surface area contributed by atoms with Gasteiger partial charge in [-0.15, -0.1) is 0 Å². The van der Waals surface area contributed by atoms with Crippen LogP contribution in [0.2, 0.25) is 0 Å². The number of hydrogen-bond acceptors (Lipinski definition) is 3. The molecule has 2 amide bonds. The highest BCUT2D eigenvalue weighted by molar-refractivity contribution is 6.39. The number of hydrogen-bond donors (Lipinski definition) is 2. The van der Waals surface area contributed by atoms with E-state index in [0.29, 0.717) is 12.3 Å². The molecule has 23 heavy (non-hydrogen) atoms. The monoisotopic (exact) mass is 312 g/mol. The molecule has 0 fully saturated rings. The van der Waals surface area contributed by atoms with Gasteiger partial charge in [0.25, 0.3) is 0 Å². The molecule has 0 saturated carbocycles. The standard InChI is InChI=1S/C18H20N2O3/c1-3-23-16-10-6-14(7-11-16)12-19-17(21)18(22)20-15-8-4-13(2)5-9-15/h4-11H,3,12H2,1-2H3,(H,19,21)(H,20,22). The Labute approximate surface area is 135 Å². The summed E-state index contributed by atoms with van der Waals surface area (Å²) in [6.45, 7) is 4.76. The van der Waals surface area contributed by atoms with Crippen molar-refractivity contribution in [3.8, 4) is 5.75 Å². The van der Waals surface area contributed by atoms with Crippen LogP contribution in [0.15, 0.2) is 48.5 Å². The van der Waals surface area contributed by atoms with E-state index in [2.05, 4.69) is 10.6 Å². The lowest BCUT2D eigenvalue weighted by Gasteiger charge is -2.08. The zero-order valence-corrected chi connectivity index (χ0v) is 13.3. The summed E-state index contributed by atoms with van der Waals surface area (Å²) in [6.07, 6.45) is 0. The SMILES string of the molecule is CCOc1ccc(CNC(=O)C(=O)Nc2ccc(C)cc2)cc1. The molecular weight excluding hydrogens is 292 g/mol. The molecule has 0 saturated heterocycles. The molecule has 0 aromatic heterocycles. The first-order valence-corrected chi connectivity index (χ1v) is 7.46. The highest BCUT2D eigenvalue weighted by atomic mass is 16.5. The summed E-state index contributed by atoms with van der Waals surface area (Å²) >= 11 is 0. The fourth-order valence-corrected chi connectivity index (χ4v) is 1.96. The summed E-state index contributed by atoms with van der Waals surface area (Å²) in [5.41, 5.74) is 2.57. The van der Waals surface area contributed by atoms with Crippen molar-refractivity contribution in [2.45, 2.75) is 20.4 Å². The molecule has 0 atom stereocenters. The first kappa shape index (κ1) is 16.5. The highest BCUT2D eigenvalue weighted by Crippen LogP contribution is 2.12. The van der Waals surface area contributed by atoms with Crippen molar-refractivity contribution in [2.24, 2.45) is 0 Å². The number of anilines is 1. The maximum atomic E-state index is 11.8. The van der Waals surface area contributed by atoms with Gasteiger partial charge in [-0.05, 0) is 43.7 Å². The molecular formula is C18H20N2O3. The molecule has 2 aromatic carbocycles. The van der Waals surface area contributed by atoms with Gasteiger partial charge in [0, 0.05) is 12.2 Å². The summed E-state index contributed by atoms with van der Waals surface area (Å²) in [5, 5.41) is 5.15. The number of rotatable bonds is 5. The molecule has 2 rings (SSSR count). The fraction of sp³-hybridized carbons (Fsp3) is 0.222. The van der Waals surface area contributed by atoms with Crippen LogP contribution in [-0.4, -0.2) is 18.4 Å². The lowest BCUT2D eigenvalue weighted by atomic mass is 10.2. The molecule has 5 nitrogen and oxygen atoms in total. The Morgan fingerprint density at radius 3 is 2.22 bits per heavy atom. The molecule has 0 aliphatic rings. The second-order valence-electron chi connectivity index (χ2n) is 5.08. The minimum atomic E-state index is -0.681. The summed E-state index contributed by atoms with van der Waals surface area (Å²) in [5.74, 6) is -0.570. The normalized spacial score (nSPS) is 10.0. The Morgan fingerprint density at radius 1 is 0.957 bits per heavy atom. The van der Waals surface area contributed by atoms with E-state index in [1.165, 1.54) is 0 Å². The van der Waals surface area contributed by atoms with Gasteiger partial charge in [-0.3, -0.25) is 9.59 Å². The Kier molecular flexibility index (Phi) is 5.74. The maximum Gasteiger partial charge on any atom is 0.313 e. The third-order valence-corrected chi connectivity index (χ3v) is 3.20. The molecule has 0 unspecified atom stereocenters. The second-order valence-corrected chi connectivity index (χ2v) is 5.08. The van der Waals surface area contributed by atoms with Crippen LogP contribution < -0.4 is 15.4 Å². The van der Waals surface area contributed by atoms with E-state index in [1.807, 2.05) is 50.2 Å². The summed E-state index contributed by atoms with van der Waals surface area (Å²) in [4.78, 5) is 23.6. The van der Waals surface area contributed by atoms with Crippen molar-refractivity contribution < 1.29 is 14.3 Å². The van der Waals surface area contributed by atoms with Crippen LogP contribution >= 0.6 is 0 Å². The van der Waals surface area contributed by atoms with E-state index in [0.717, 1.165) is 16.9 Å². The van der Waals surface area contributed by atoms with Crippen LogP contribution in [0, 0.1) is 6.92 Å². The lowest BCUT2D eigenvalue weighted by Crippen LogP contribution is -2.34. The van der Waals surface area contributed by atoms with Gasteiger partial charge >= 0.3 is 11.8 Å². The third kappa shape index (κ3) is 5.14. The van der Waals surface area contributed by atoms with Crippen LogP contribution in [0.5, 0.6) is 5.75 Å². The summed E-state index contributed by atoms with van der Waals surface area (Å²) in [6, 6.07) is 14.6. The lowest BCUT2D eigenvalue weighted by molar-refractivity contribution is -0.136.